The number of aromatic nitrogens is 1. The summed E-state index contributed by atoms with van der Waals surface area (Å²) in [5, 5.41) is 17.4. The average Bonchev–Trinajstić information content (AvgIpc) is 2.40. The SMILES string of the molecule is CC(Nc1ncccc1[N+](=O)[O-])C1CCCNC1. The van der Waals surface area contributed by atoms with E-state index in [0.717, 1.165) is 25.9 Å². The highest BCUT2D eigenvalue weighted by Crippen LogP contribution is 2.24. The molecule has 0 spiro atoms. The second-order valence-corrected chi connectivity index (χ2v) is 4.67. The Kier molecular flexibility index (Phi) is 4.09. The first-order chi connectivity index (χ1) is 8.68. The third-order valence-electron chi connectivity index (χ3n) is 3.39. The number of piperidine rings is 1. The van der Waals surface area contributed by atoms with Gasteiger partial charge in [0, 0.05) is 18.3 Å². The van der Waals surface area contributed by atoms with Gasteiger partial charge in [-0.15, -0.1) is 0 Å². The normalized spacial score (nSPS) is 21.3. The van der Waals surface area contributed by atoms with Gasteiger partial charge in [0.1, 0.15) is 0 Å². The second-order valence-electron chi connectivity index (χ2n) is 4.67. The van der Waals surface area contributed by atoms with E-state index < -0.39 is 4.92 Å². The van der Waals surface area contributed by atoms with Gasteiger partial charge in [-0.05, 0) is 44.8 Å². The van der Waals surface area contributed by atoms with Crippen molar-refractivity contribution in [3.05, 3.63) is 28.4 Å². The summed E-state index contributed by atoms with van der Waals surface area (Å²) in [7, 11) is 0. The highest BCUT2D eigenvalue weighted by atomic mass is 16.6. The fourth-order valence-electron chi connectivity index (χ4n) is 2.29. The van der Waals surface area contributed by atoms with Crippen molar-refractivity contribution in [2.24, 2.45) is 5.92 Å². The lowest BCUT2D eigenvalue weighted by atomic mass is 9.93. The van der Waals surface area contributed by atoms with Gasteiger partial charge >= 0.3 is 5.69 Å². The van der Waals surface area contributed by atoms with Crippen LogP contribution in [0.25, 0.3) is 0 Å². The Labute approximate surface area is 106 Å². The molecule has 0 bridgehead atoms. The van der Waals surface area contributed by atoms with Crippen molar-refractivity contribution in [1.29, 1.82) is 0 Å². The van der Waals surface area contributed by atoms with E-state index in [1.54, 1.807) is 12.3 Å². The monoisotopic (exact) mass is 250 g/mol. The van der Waals surface area contributed by atoms with Crippen molar-refractivity contribution >= 4 is 11.5 Å². The highest BCUT2D eigenvalue weighted by Gasteiger charge is 2.23. The summed E-state index contributed by atoms with van der Waals surface area (Å²) in [5.74, 6) is 0.848. The van der Waals surface area contributed by atoms with Gasteiger partial charge in [0.05, 0.1) is 4.92 Å². The van der Waals surface area contributed by atoms with Crippen LogP contribution in [0, 0.1) is 16.0 Å². The van der Waals surface area contributed by atoms with Crippen LogP contribution in [0.15, 0.2) is 18.3 Å². The Hall–Kier alpha value is -1.69. The van der Waals surface area contributed by atoms with Crippen LogP contribution in [0.3, 0.4) is 0 Å². The fraction of sp³-hybridized carbons (Fsp3) is 0.583. The molecule has 6 nitrogen and oxygen atoms in total. The number of nitrogens with zero attached hydrogens (tertiary/aromatic N) is 2. The van der Waals surface area contributed by atoms with Crippen LogP contribution in [-0.2, 0) is 0 Å². The average molecular weight is 250 g/mol. The number of hydrogen-bond donors (Lipinski definition) is 2. The van der Waals surface area contributed by atoms with Crippen LogP contribution in [0.5, 0.6) is 0 Å². The Morgan fingerprint density at radius 2 is 2.50 bits per heavy atom. The van der Waals surface area contributed by atoms with Gasteiger partial charge in [-0.25, -0.2) is 4.98 Å². The first-order valence-electron chi connectivity index (χ1n) is 6.25. The highest BCUT2D eigenvalue weighted by molar-refractivity contribution is 5.55. The van der Waals surface area contributed by atoms with Crippen molar-refractivity contribution in [3.8, 4) is 0 Å². The van der Waals surface area contributed by atoms with Crippen molar-refractivity contribution < 1.29 is 4.92 Å². The Morgan fingerprint density at radius 1 is 1.67 bits per heavy atom. The zero-order valence-electron chi connectivity index (χ0n) is 10.4. The predicted octanol–water partition coefficient (Wildman–Crippen LogP) is 1.79. The van der Waals surface area contributed by atoms with Crippen LogP contribution >= 0.6 is 0 Å². The Morgan fingerprint density at radius 3 is 3.17 bits per heavy atom. The molecule has 1 aromatic rings. The van der Waals surface area contributed by atoms with Gasteiger partial charge in [0.15, 0.2) is 0 Å². The molecule has 0 aromatic carbocycles. The van der Waals surface area contributed by atoms with Gasteiger partial charge in [-0.1, -0.05) is 0 Å². The molecule has 1 aliphatic rings. The zero-order chi connectivity index (χ0) is 13.0. The predicted molar refractivity (Wildman–Crippen MR) is 69.6 cm³/mol. The van der Waals surface area contributed by atoms with Crippen LogP contribution in [0.1, 0.15) is 19.8 Å². The van der Waals surface area contributed by atoms with E-state index in [4.69, 9.17) is 0 Å². The van der Waals surface area contributed by atoms with Crippen molar-refractivity contribution in [3.63, 3.8) is 0 Å². The quantitative estimate of drug-likeness (QED) is 0.629. The van der Waals surface area contributed by atoms with Crippen molar-refractivity contribution in [1.82, 2.24) is 10.3 Å². The third-order valence-corrected chi connectivity index (χ3v) is 3.39. The molecule has 2 unspecified atom stereocenters. The molecule has 1 aromatic heterocycles. The molecule has 0 aliphatic carbocycles. The minimum atomic E-state index is -0.402. The summed E-state index contributed by atoms with van der Waals surface area (Å²) in [4.78, 5) is 14.6. The Balaban J connectivity index is 2.06. The first-order valence-corrected chi connectivity index (χ1v) is 6.25. The number of rotatable bonds is 4. The largest absolute Gasteiger partial charge is 0.362 e. The lowest BCUT2D eigenvalue weighted by molar-refractivity contribution is -0.384. The molecule has 1 aliphatic heterocycles. The van der Waals surface area contributed by atoms with Gasteiger partial charge in [0.25, 0.3) is 0 Å². The van der Waals surface area contributed by atoms with E-state index in [0.29, 0.717) is 11.7 Å². The molecule has 0 radical (unpaired) electrons. The standard InChI is InChI=1S/C12H18N4O2/c1-9(10-4-2-6-13-8-10)15-12-11(16(17)18)5-3-7-14-12/h3,5,7,9-10,13H,2,4,6,8H2,1H3,(H,14,15). The van der Waals surface area contributed by atoms with E-state index in [9.17, 15) is 10.1 Å². The number of pyridine rings is 1. The third kappa shape index (κ3) is 2.95. The van der Waals surface area contributed by atoms with Crippen LogP contribution in [-0.4, -0.2) is 29.0 Å². The summed E-state index contributed by atoms with van der Waals surface area (Å²) in [6, 6.07) is 3.23. The maximum absolute atomic E-state index is 10.9. The van der Waals surface area contributed by atoms with Gasteiger partial charge in [-0.3, -0.25) is 10.1 Å². The number of nitro groups is 1. The van der Waals surface area contributed by atoms with E-state index in [2.05, 4.69) is 22.5 Å². The summed E-state index contributed by atoms with van der Waals surface area (Å²) < 4.78 is 0. The molecule has 1 fully saturated rings. The van der Waals surface area contributed by atoms with E-state index in [1.807, 2.05) is 0 Å². The van der Waals surface area contributed by atoms with Crippen molar-refractivity contribution in [2.45, 2.75) is 25.8 Å². The summed E-state index contributed by atoms with van der Waals surface area (Å²) in [6.07, 6.45) is 3.87. The second kappa shape index (κ2) is 5.77. The smallest absolute Gasteiger partial charge is 0.311 e. The van der Waals surface area contributed by atoms with E-state index in [1.165, 1.54) is 6.07 Å². The molecule has 2 heterocycles. The number of anilines is 1. The molecule has 2 atom stereocenters. The van der Waals surface area contributed by atoms with Crippen LogP contribution in [0.4, 0.5) is 11.5 Å². The maximum Gasteiger partial charge on any atom is 0.311 e. The maximum atomic E-state index is 10.9. The molecule has 0 amide bonds. The Bertz CT molecular complexity index is 418. The molecule has 1 saturated heterocycles. The van der Waals surface area contributed by atoms with Crippen LogP contribution in [0.2, 0.25) is 0 Å². The lowest BCUT2D eigenvalue weighted by Gasteiger charge is -2.29. The van der Waals surface area contributed by atoms with Crippen LogP contribution < -0.4 is 10.6 Å². The fourth-order valence-corrected chi connectivity index (χ4v) is 2.29. The van der Waals surface area contributed by atoms with Gasteiger partial charge < -0.3 is 10.6 Å². The zero-order valence-corrected chi connectivity index (χ0v) is 10.4. The minimum absolute atomic E-state index is 0.0353. The molecular formula is C12H18N4O2. The number of hydrogen-bond acceptors (Lipinski definition) is 5. The first kappa shape index (κ1) is 12.8. The summed E-state index contributed by atoms with van der Waals surface area (Å²) in [5.41, 5.74) is 0.0353. The molecule has 18 heavy (non-hydrogen) atoms. The van der Waals surface area contributed by atoms with E-state index in [-0.39, 0.29) is 11.7 Å². The topological polar surface area (TPSA) is 80.1 Å². The van der Waals surface area contributed by atoms with Gasteiger partial charge in [0.2, 0.25) is 5.82 Å². The van der Waals surface area contributed by atoms with Crippen molar-refractivity contribution in [2.75, 3.05) is 18.4 Å². The molecule has 2 rings (SSSR count). The summed E-state index contributed by atoms with van der Waals surface area (Å²) >= 11 is 0. The molecule has 0 saturated carbocycles. The van der Waals surface area contributed by atoms with E-state index >= 15 is 0 Å². The molecule has 6 heteroatoms. The molecular weight excluding hydrogens is 232 g/mol. The molecule has 2 N–H and O–H groups in total. The lowest BCUT2D eigenvalue weighted by Crippen LogP contribution is -2.39. The van der Waals surface area contributed by atoms with Gasteiger partial charge in [-0.2, -0.15) is 0 Å². The number of nitrogens with one attached hydrogen (secondary N) is 2. The molecule has 98 valence electrons. The minimum Gasteiger partial charge on any atom is -0.362 e. The summed E-state index contributed by atoms with van der Waals surface area (Å²) in [6.45, 7) is 4.07.